The molecule has 0 spiro atoms. The largest absolute Gasteiger partial charge is 0.323 e. The summed E-state index contributed by atoms with van der Waals surface area (Å²) in [5.41, 5.74) is 1.79. The molecule has 0 fully saturated rings. The number of carbonyl (C=O) groups excluding carboxylic acids is 2. The second kappa shape index (κ2) is 6.61. The molecule has 21 heavy (non-hydrogen) atoms. The summed E-state index contributed by atoms with van der Waals surface area (Å²) < 4.78 is 13.0. The van der Waals surface area contributed by atoms with E-state index in [1.807, 2.05) is 0 Å². The average Bonchev–Trinajstić information content (AvgIpc) is 2.46. The van der Waals surface area contributed by atoms with Gasteiger partial charge in [-0.1, -0.05) is 12.1 Å². The van der Waals surface area contributed by atoms with Crippen molar-refractivity contribution in [3.8, 4) is 0 Å². The van der Waals surface area contributed by atoms with E-state index in [-0.39, 0.29) is 17.5 Å². The Kier molecular flexibility index (Phi) is 4.61. The maximum Gasteiger partial charge on any atom is 0.248 e. The minimum Gasteiger partial charge on any atom is -0.323 e. The molecule has 3 nitrogen and oxygen atoms in total. The number of rotatable bonds is 4. The number of amides is 1. The van der Waals surface area contributed by atoms with Gasteiger partial charge in [0.1, 0.15) is 5.82 Å². The molecule has 2 aromatic rings. The maximum absolute atomic E-state index is 13.0. The molecule has 0 aliphatic rings. The molecular formula is C17H14FNO2. The molecule has 4 heteroatoms. The fraction of sp³-hybridized carbons (Fsp3) is 0.0588. The third-order valence-electron chi connectivity index (χ3n) is 2.83. The van der Waals surface area contributed by atoms with Gasteiger partial charge >= 0.3 is 0 Å². The van der Waals surface area contributed by atoms with Gasteiger partial charge in [0, 0.05) is 17.3 Å². The number of ketones is 1. The zero-order valence-electron chi connectivity index (χ0n) is 11.5. The van der Waals surface area contributed by atoms with Crippen molar-refractivity contribution >= 4 is 23.5 Å². The summed E-state index contributed by atoms with van der Waals surface area (Å²) in [5.74, 6) is -0.703. The molecule has 0 aliphatic heterocycles. The first-order chi connectivity index (χ1) is 10.0. The highest BCUT2D eigenvalue weighted by Crippen LogP contribution is 2.10. The van der Waals surface area contributed by atoms with Crippen molar-refractivity contribution in [2.24, 2.45) is 0 Å². The van der Waals surface area contributed by atoms with Crippen LogP contribution in [0.4, 0.5) is 10.1 Å². The average molecular weight is 283 g/mol. The number of benzene rings is 2. The predicted molar refractivity (Wildman–Crippen MR) is 80.5 cm³/mol. The standard InChI is InChI=1S/C17H14FNO2/c1-12(20)14-6-8-16(9-7-14)19-17(21)10-5-13-3-2-4-15(18)11-13/h2-11H,1H3,(H,19,21). The number of nitrogens with one attached hydrogen (secondary N) is 1. The van der Waals surface area contributed by atoms with Crippen LogP contribution in [-0.4, -0.2) is 11.7 Å². The van der Waals surface area contributed by atoms with E-state index in [1.54, 1.807) is 36.4 Å². The van der Waals surface area contributed by atoms with Crippen molar-refractivity contribution in [2.45, 2.75) is 6.92 Å². The molecule has 2 rings (SSSR count). The lowest BCUT2D eigenvalue weighted by Crippen LogP contribution is -2.07. The van der Waals surface area contributed by atoms with Crippen LogP contribution in [0, 0.1) is 5.82 Å². The number of hydrogen-bond donors (Lipinski definition) is 1. The van der Waals surface area contributed by atoms with Crippen LogP contribution in [-0.2, 0) is 4.79 Å². The summed E-state index contributed by atoms with van der Waals surface area (Å²) in [6.45, 7) is 1.48. The Hall–Kier alpha value is -2.75. The summed E-state index contributed by atoms with van der Waals surface area (Å²) in [5, 5.41) is 2.66. The third kappa shape index (κ3) is 4.38. The Morgan fingerprint density at radius 1 is 1.10 bits per heavy atom. The number of halogens is 1. The maximum atomic E-state index is 13.0. The summed E-state index contributed by atoms with van der Waals surface area (Å²) in [6, 6.07) is 12.6. The van der Waals surface area contributed by atoms with Gasteiger partial charge in [0.05, 0.1) is 0 Å². The Balaban J connectivity index is 1.99. The van der Waals surface area contributed by atoms with Crippen molar-refractivity contribution in [3.63, 3.8) is 0 Å². The van der Waals surface area contributed by atoms with E-state index >= 15 is 0 Å². The molecule has 0 bridgehead atoms. The van der Waals surface area contributed by atoms with Crippen LogP contribution in [0.2, 0.25) is 0 Å². The van der Waals surface area contributed by atoms with Crippen LogP contribution in [0.5, 0.6) is 0 Å². The zero-order chi connectivity index (χ0) is 15.2. The SMILES string of the molecule is CC(=O)c1ccc(NC(=O)C=Cc2cccc(F)c2)cc1. The fourth-order valence-corrected chi connectivity index (χ4v) is 1.75. The van der Waals surface area contributed by atoms with Crippen molar-refractivity contribution in [1.29, 1.82) is 0 Å². The predicted octanol–water partition coefficient (Wildman–Crippen LogP) is 3.68. The molecule has 106 valence electrons. The molecule has 1 amide bonds. The van der Waals surface area contributed by atoms with Gasteiger partial charge in [-0.2, -0.15) is 0 Å². The lowest BCUT2D eigenvalue weighted by Gasteiger charge is -2.02. The summed E-state index contributed by atoms with van der Waals surface area (Å²) in [7, 11) is 0. The number of hydrogen-bond acceptors (Lipinski definition) is 2. The highest BCUT2D eigenvalue weighted by atomic mass is 19.1. The van der Waals surface area contributed by atoms with Crippen LogP contribution < -0.4 is 5.32 Å². The van der Waals surface area contributed by atoms with Gasteiger partial charge in [-0.05, 0) is 55.0 Å². The van der Waals surface area contributed by atoms with Crippen LogP contribution >= 0.6 is 0 Å². The molecule has 0 aliphatic carbocycles. The number of carbonyl (C=O) groups is 2. The number of anilines is 1. The summed E-state index contributed by atoms with van der Waals surface area (Å²) in [4.78, 5) is 22.9. The first-order valence-corrected chi connectivity index (χ1v) is 6.40. The molecule has 0 unspecified atom stereocenters. The van der Waals surface area contributed by atoms with Gasteiger partial charge in [-0.15, -0.1) is 0 Å². The second-order valence-electron chi connectivity index (χ2n) is 4.51. The molecule has 0 radical (unpaired) electrons. The quantitative estimate of drug-likeness (QED) is 0.687. The summed E-state index contributed by atoms with van der Waals surface area (Å²) >= 11 is 0. The molecule has 0 atom stereocenters. The van der Waals surface area contributed by atoms with E-state index in [1.165, 1.54) is 31.2 Å². The van der Waals surface area contributed by atoms with Gasteiger partial charge in [0.2, 0.25) is 5.91 Å². The van der Waals surface area contributed by atoms with Crippen LogP contribution in [0.1, 0.15) is 22.8 Å². The summed E-state index contributed by atoms with van der Waals surface area (Å²) in [6.07, 6.45) is 2.86. The Morgan fingerprint density at radius 2 is 1.81 bits per heavy atom. The lowest BCUT2D eigenvalue weighted by atomic mass is 10.1. The lowest BCUT2D eigenvalue weighted by molar-refractivity contribution is -0.111. The van der Waals surface area contributed by atoms with Gasteiger partial charge in [0.15, 0.2) is 5.78 Å². The zero-order valence-corrected chi connectivity index (χ0v) is 11.5. The van der Waals surface area contributed by atoms with Crippen molar-refractivity contribution in [3.05, 3.63) is 71.6 Å². The molecule has 0 heterocycles. The molecular weight excluding hydrogens is 269 g/mol. The molecule has 2 aromatic carbocycles. The van der Waals surface area contributed by atoms with Crippen molar-refractivity contribution < 1.29 is 14.0 Å². The van der Waals surface area contributed by atoms with E-state index in [4.69, 9.17) is 0 Å². The highest BCUT2D eigenvalue weighted by Gasteiger charge is 2.01. The Labute approximate surface area is 122 Å². The van der Waals surface area contributed by atoms with Gasteiger partial charge in [-0.3, -0.25) is 9.59 Å². The Morgan fingerprint density at radius 3 is 2.43 bits per heavy atom. The minimum absolute atomic E-state index is 0.0288. The fourth-order valence-electron chi connectivity index (χ4n) is 1.75. The second-order valence-corrected chi connectivity index (χ2v) is 4.51. The molecule has 1 N–H and O–H groups in total. The van der Waals surface area contributed by atoms with Gasteiger partial charge < -0.3 is 5.32 Å². The third-order valence-corrected chi connectivity index (χ3v) is 2.83. The van der Waals surface area contributed by atoms with E-state index in [0.29, 0.717) is 16.8 Å². The monoisotopic (exact) mass is 283 g/mol. The molecule has 0 aromatic heterocycles. The van der Waals surface area contributed by atoms with Crippen LogP contribution in [0.25, 0.3) is 6.08 Å². The molecule has 0 saturated heterocycles. The minimum atomic E-state index is -0.350. The molecule has 0 saturated carbocycles. The van der Waals surface area contributed by atoms with Gasteiger partial charge in [0.25, 0.3) is 0 Å². The van der Waals surface area contributed by atoms with Crippen molar-refractivity contribution in [2.75, 3.05) is 5.32 Å². The highest BCUT2D eigenvalue weighted by molar-refractivity contribution is 6.02. The van der Waals surface area contributed by atoms with E-state index in [2.05, 4.69) is 5.32 Å². The van der Waals surface area contributed by atoms with E-state index in [0.717, 1.165) is 0 Å². The first kappa shape index (κ1) is 14.7. The van der Waals surface area contributed by atoms with Crippen LogP contribution in [0.3, 0.4) is 0 Å². The number of Topliss-reactive ketones (excluding diaryl/α,β-unsaturated/α-hetero) is 1. The Bertz CT molecular complexity index is 690. The van der Waals surface area contributed by atoms with E-state index in [9.17, 15) is 14.0 Å². The smallest absolute Gasteiger partial charge is 0.248 e. The van der Waals surface area contributed by atoms with E-state index < -0.39 is 0 Å². The normalized spacial score (nSPS) is 10.6. The van der Waals surface area contributed by atoms with Crippen molar-refractivity contribution in [1.82, 2.24) is 0 Å². The topological polar surface area (TPSA) is 46.2 Å². The van der Waals surface area contributed by atoms with Crippen LogP contribution in [0.15, 0.2) is 54.6 Å². The first-order valence-electron chi connectivity index (χ1n) is 6.40. The van der Waals surface area contributed by atoms with Gasteiger partial charge in [-0.25, -0.2) is 4.39 Å².